The molecule has 2 atom stereocenters. The van der Waals surface area contributed by atoms with Crippen LogP contribution in [0.5, 0.6) is 11.5 Å². The quantitative estimate of drug-likeness (QED) is 0.171. The van der Waals surface area contributed by atoms with Crippen molar-refractivity contribution < 1.29 is 9.47 Å². The summed E-state index contributed by atoms with van der Waals surface area (Å²) in [6.45, 7) is 22.1. The molecule has 2 unspecified atom stereocenters. The van der Waals surface area contributed by atoms with E-state index in [0.29, 0.717) is 45.9 Å². The normalized spacial score (nSPS) is 13.9. The summed E-state index contributed by atoms with van der Waals surface area (Å²) in [6.07, 6.45) is -0.126. The molecule has 7 aromatic rings. The first-order chi connectivity index (χ1) is 27.7. The van der Waals surface area contributed by atoms with Crippen molar-refractivity contribution in [2.45, 2.75) is 81.4 Å². The average molecular weight is 771 g/mol. The summed E-state index contributed by atoms with van der Waals surface area (Å²) in [7, 11) is 0. The van der Waals surface area contributed by atoms with E-state index in [9.17, 15) is 0 Å². The topological polar surface area (TPSA) is 127 Å². The Hall–Kier alpha value is -6.16. The number of fused-ring (bicyclic) bond motifs is 20. The lowest BCUT2D eigenvalue weighted by Gasteiger charge is -2.34. The van der Waals surface area contributed by atoms with Gasteiger partial charge in [-0.25, -0.2) is 29.9 Å². The lowest BCUT2D eigenvalue weighted by atomic mass is 9.82. The Morgan fingerprint density at radius 3 is 1.05 bits per heavy atom. The Morgan fingerprint density at radius 2 is 0.741 bits per heavy atom. The van der Waals surface area contributed by atoms with Gasteiger partial charge in [-0.05, 0) is 34.8 Å². The van der Waals surface area contributed by atoms with E-state index in [-0.39, 0.29) is 34.9 Å². The molecule has 2 aliphatic rings. The molecule has 0 saturated carbocycles. The molecule has 10 nitrogen and oxygen atoms in total. The van der Waals surface area contributed by atoms with Crippen LogP contribution >= 0.6 is 0 Å². The number of hydrogen-bond donors (Lipinski definition) is 2. The van der Waals surface area contributed by atoms with Gasteiger partial charge in [-0.1, -0.05) is 142 Å². The third-order valence-corrected chi connectivity index (χ3v) is 11.0. The molecule has 294 valence electrons. The fourth-order valence-corrected chi connectivity index (χ4v) is 8.82. The zero-order chi connectivity index (χ0) is 40.7. The standard InChI is InChI=1S/C48H50N8O2/c1-25(2)37(47(5,6)7)57-33-23-15-21-31-35(33)45-53-41-29-19-13-11-17-27(29)40(49-41)52-44-32-22-16-24-34(58-38(26(3)4)48(8,9)10)36(32)46(56-44)54-42-30-20-14-12-18-28(30)39(50-42)51-43(31)55-45/h11-26,37-38H,1-10H3,(H2,49,50,51,52,53,54,55,56). The van der Waals surface area contributed by atoms with Crippen molar-refractivity contribution in [3.05, 3.63) is 84.9 Å². The lowest BCUT2D eigenvalue weighted by Crippen LogP contribution is -2.36. The number of hydrogen-bond acceptors (Lipinski definition) is 8. The van der Waals surface area contributed by atoms with Crippen molar-refractivity contribution in [3.63, 3.8) is 0 Å². The Kier molecular flexibility index (Phi) is 8.87. The van der Waals surface area contributed by atoms with Gasteiger partial charge in [0.25, 0.3) is 0 Å². The summed E-state index contributed by atoms with van der Waals surface area (Å²) in [4.78, 5) is 38.4. The number of aromatic amines is 2. The summed E-state index contributed by atoms with van der Waals surface area (Å²) in [5.41, 5.74) is 5.71. The van der Waals surface area contributed by atoms with E-state index >= 15 is 0 Å². The average Bonchev–Trinajstić information content (AvgIpc) is 3.91. The maximum atomic E-state index is 6.94. The Bertz CT molecular complexity index is 2710. The fraction of sp³-hybridized carbons (Fsp3) is 0.333. The van der Waals surface area contributed by atoms with Crippen molar-refractivity contribution in [1.29, 1.82) is 0 Å². The molecule has 4 aromatic carbocycles. The third kappa shape index (κ3) is 6.44. The van der Waals surface area contributed by atoms with Gasteiger partial charge < -0.3 is 19.4 Å². The molecule has 0 amide bonds. The summed E-state index contributed by atoms with van der Waals surface area (Å²) in [6, 6.07) is 28.3. The van der Waals surface area contributed by atoms with Gasteiger partial charge in [0, 0.05) is 33.0 Å². The number of ether oxygens (including phenoxy) is 2. The largest absolute Gasteiger partial charge is 0.489 e. The monoisotopic (exact) mass is 770 g/mol. The van der Waals surface area contributed by atoms with Crippen LogP contribution in [-0.4, -0.2) is 52.1 Å². The first kappa shape index (κ1) is 37.4. The fourth-order valence-electron chi connectivity index (χ4n) is 8.82. The smallest absolute Gasteiger partial charge is 0.164 e. The van der Waals surface area contributed by atoms with Crippen LogP contribution in [0, 0.1) is 22.7 Å². The van der Waals surface area contributed by atoms with Gasteiger partial charge in [0.15, 0.2) is 23.3 Å². The first-order valence-electron chi connectivity index (χ1n) is 20.3. The Morgan fingerprint density at radius 1 is 0.414 bits per heavy atom. The molecule has 8 bridgehead atoms. The summed E-state index contributed by atoms with van der Waals surface area (Å²) in [5.74, 6) is 4.15. The molecule has 0 saturated heterocycles. The van der Waals surface area contributed by atoms with E-state index in [1.54, 1.807) is 0 Å². The van der Waals surface area contributed by atoms with E-state index in [2.05, 4.69) is 91.3 Å². The van der Waals surface area contributed by atoms with Gasteiger partial charge in [0.2, 0.25) is 0 Å². The predicted octanol–water partition coefficient (Wildman–Crippen LogP) is 11.8. The van der Waals surface area contributed by atoms with Crippen LogP contribution in [-0.2, 0) is 0 Å². The number of nitrogens with zero attached hydrogens (tertiary/aromatic N) is 6. The van der Waals surface area contributed by atoms with Gasteiger partial charge in [0.1, 0.15) is 46.3 Å². The minimum absolute atomic E-state index is 0.0630. The maximum absolute atomic E-state index is 6.94. The second-order valence-electron chi connectivity index (χ2n) is 18.4. The number of nitrogens with one attached hydrogen (secondary N) is 2. The van der Waals surface area contributed by atoms with E-state index in [0.717, 1.165) is 55.3 Å². The summed E-state index contributed by atoms with van der Waals surface area (Å²) in [5, 5.41) is 3.38. The molecular formula is C48H50N8O2. The van der Waals surface area contributed by atoms with Crippen LogP contribution in [0.15, 0.2) is 84.9 Å². The molecule has 2 aliphatic heterocycles. The molecule has 0 spiro atoms. The number of rotatable bonds is 6. The van der Waals surface area contributed by atoms with Crippen LogP contribution in [0.1, 0.15) is 69.2 Å². The van der Waals surface area contributed by atoms with E-state index in [4.69, 9.17) is 39.4 Å². The molecule has 0 fully saturated rings. The van der Waals surface area contributed by atoms with Gasteiger partial charge in [-0.2, -0.15) is 0 Å². The van der Waals surface area contributed by atoms with E-state index < -0.39 is 0 Å². The van der Waals surface area contributed by atoms with E-state index in [1.165, 1.54) is 0 Å². The van der Waals surface area contributed by atoms with Crippen molar-refractivity contribution in [2.75, 3.05) is 0 Å². The molecule has 10 heteroatoms. The molecule has 2 N–H and O–H groups in total. The minimum Gasteiger partial charge on any atom is -0.489 e. The van der Waals surface area contributed by atoms with Crippen molar-refractivity contribution in [1.82, 2.24) is 39.9 Å². The van der Waals surface area contributed by atoms with Crippen LogP contribution in [0.2, 0.25) is 0 Å². The second kappa shape index (κ2) is 13.7. The van der Waals surface area contributed by atoms with Crippen LogP contribution < -0.4 is 9.47 Å². The van der Waals surface area contributed by atoms with Crippen molar-refractivity contribution in [3.8, 4) is 57.1 Å². The number of H-pyrrole nitrogens is 2. The summed E-state index contributed by atoms with van der Waals surface area (Å²) < 4.78 is 13.9. The number of aromatic nitrogens is 8. The lowest BCUT2D eigenvalue weighted by molar-refractivity contribution is 0.0486. The first-order valence-corrected chi connectivity index (χ1v) is 20.3. The highest BCUT2D eigenvalue weighted by Crippen LogP contribution is 2.41. The highest BCUT2D eigenvalue weighted by Gasteiger charge is 2.32. The van der Waals surface area contributed by atoms with Crippen molar-refractivity contribution in [2.24, 2.45) is 22.7 Å². The van der Waals surface area contributed by atoms with Gasteiger partial charge in [-0.15, -0.1) is 0 Å². The highest BCUT2D eigenvalue weighted by atomic mass is 16.5. The molecule has 5 heterocycles. The predicted molar refractivity (Wildman–Crippen MR) is 233 cm³/mol. The highest BCUT2D eigenvalue weighted by molar-refractivity contribution is 6.09. The van der Waals surface area contributed by atoms with Crippen LogP contribution in [0.3, 0.4) is 0 Å². The number of benzene rings is 4. The molecular weight excluding hydrogens is 721 g/mol. The Labute approximate surface area is 338 Å². The zero-order valence-corrected chi connectivity index (χ0v) is 34.9. The summed E-state index contributed by atoms with van der Waals surface area (Å²) >= 11 is 0. The van der Waals surface area contributed by atoms with Gasteiger partial charge >= 0.3 is 0 Å². The Balaban J connectivity index is 1.41. The van der Waals surface area contributed by atoms with Crippen LogP contribution in [0.4, 0.5) is 0 Å². The van der Waals surface area contributed by atoms with Gasteiger partial charge in [-0.3, -0.25) is 0 Å². The zero-order valence-electron chi connectivity index (χ0n) is 34.9. The third-order valence-electron chi connectivity index (χ3n) is 11.0. The second-order valence-corrected chi connectivity index (χ2v) is 18.4. The van der Waals surface area contributed by atoms with E-state index in [1.807, 2.05) is 72.8 Å². The minimum atomic E-state index is -0.112. The molecule has 9 rings (SSSR count). The SMILES string of the molecule is CC(C)C(Oc1cccc2c3nc4nc(nc5[nH]c(nc6nc(nc([nH]3)c12)-c1ccccc1-6)c1cccc(OC(C(C)C)C(C)(C)C)c51)-c1ccccc1-4)C(C)(C)C. The molecule has 58 heavy (non-hydrogen) atoms. The molecule has 3 aromatic heterocycles. The maximum Gasteiger partial charge on any atom is 0.164 e. The van der Waals surface area contributed by atoms with Gasteiger partial charge in [0.05, 0.1) is 10.8 Å². The van der Waals surface area contributed by atoms with Crippen molar-refractivity contribution >= 4 is 44.1 Å². The van der Waals surface area contributed by atoms with Crippen LogP contribution in [0.25, 0.3) is 89.7 Å². The molecule has 0 radical (unpaired) electrons. The molecule has 0 aliphatic carbocycles.